The van der Waals surface area contributed by atoms with Gasteiger partial charge in [-0.25, -0.2) is 4.79 Å². The highest BCUT2D eigenvalue weighted by Gasteiger charge is 2.21. The van der Waals surface area contributed by atoms with Crippen molar-refractivity contribution in [1.82, 2.24) is 5.32 Å². The highest BCUT2D eigenvalue weighted by molar-refractivity contribution is 5.93. The van der Waals surface area contributed by atoms with Crippen molar-refractivity contribution in [3.05, 3.63) is 29.8 Å². The van der Waals surface area contributed by atoms with E-state index in [9.17, 15) is 14.4 Å². The third-order valence-corrected chi connectivity index (χ3v) is 4.21. The Morgan fingerprint density at radius 3 is 2.40 bits per heavy atom. The van der Waals surface area contributed by atoms with Crippen molar-refractivity contribution >= 4 is 23.5 Å². The lowest BCUT2D eigenvalue weighted by molar-refractivity contribution is -0.128. The van der Waals surface area contributed by atoms with Crippen LogP contribution < -0.4 is 10.2 Å². The first-order chi connectivity index (χ1) is 12.0. The van der Waals surface area contributed by atoms with Crippen LogP contribution in [0.25, 0.3) is 0 Å². The normalized spacial score (nSPS) is 14.6. The highest BCUT2D eigenvalue weighted by atomic mass is 16.5. The Morgan fingerprint density at radius 2 is 1.84 bits per heavy atom. The fourth-order valence-electron chi connectivity index (χ4n) is 2.76. The van der Waals surface area contributed by atoms with E-state index in [1.165, 1.54) is 14.0 Å². The Bertz CT molecular complexity index is 608. The minimum atomic E-state index is -0.426. The van der Waals surface area contributed by atoms with Crippen LogP contribution in [0.15, 0.2) is 24.3 Å². The molecule has 0 radical (unpaired) electrons. The summed E-state index contributed by atoms with van der Waals surface area (Å²) >= 11 is 0. The van der Waals surface area contributed by atoms with E-state index in [2.05, 4.69) is 10.1 Å². The number of ether oxygens (including phenoxy) is 2. The highest BCUT2D eigenvalue weighted by Crippen LogP contribution is 2.17. The number of hydrogen-bond acceptors (Lipinski definition) is 5. The van der Waals surface area contributed by atoms with E-state index >= 15 is 0 Å². The SMILES string of the molecule is COC(=O)c1ccc(N(CCNC(=O)C2CCOCC2)C(C)=O)cc1. The summed E-state index contributed by atoms with van der Waals surface area (Å²) in [6.45, 7) is 3.43. The van der Waals surface area contributed by atoms with Gasteiger partial charge in [-0.15, -0.1) is 0 Å². The number of benzene rings is 1. The molecule has 1 aliphatic heterocycles. The Balaban J connectivity index is 1.91. The molecular weight excluding hydrogens is 324 g/mol. The number of nitrogens with one attached hydrogen (secondary N) is 1. The van der Waals surface area contributed by atoms with Crippen molar-refractivity contribution in [3.63, 3.8) is 0 Å². The Labute approximate surface area is 147 Å². The first kappa shape index (κ1) is 18.9. The number of hydrogen-bond donors (Lipinski definition) is 1. The van der Waals surface area contributed by atoms with Crippen LogP contribution in [-0.2, 0) is 19.1 Å². The van der Waals surface area contributed by atoms with Gasteiger partial charge in [-0.3, -0.25) is 9.59 Å². The molecule has 7 nitrogen and oxygen atoms in total. The fourth-order valence-corrected chi connectivity index (χ4v) is 2.76. The van der Waals surface area contributed by atoms with Crippen LogP contribution in [0.2, 0.25) is 0 Å². The van der Waals surface area contributed by atoms with Gasteiger partial charge in [0.25, 0.3) is 0 Å². The number of rotatable bonds is 6. The maximum atomic E-state index is 12.1. The largest absolute Gasteiger partial charge is 0.465 e. The van der Waals surface area contributed by atoms with Gasteiger partial charge in [-0.1, -0.05) is 0 Å². The molecule has 0 unspecified atom stereocenters. The molecule has 1 aromatic carbocycles. The molecule has 1 N–H and O–H groups in total. The molecule has 136 valence electrons. The lowest BCUT2D eigenvalue weighted by atomic mass is 9.99. The molecule has 1 saturated heterocycles. The number of carbonyl (C=O) groups excluding carboxylic acids is 3. The Hall–Kier alpha value is -2.41. The molecule has 25 heavy (non-hydrogen) atoms. The van der Waals surface area contributed by atoms with Crippen molar-refractivity contribution in [2.45, 2.75) is 19.8 Å². The molecule has 1 aliphatic rings. The van der Waals surface area contributed by atoms with Gasteiger partial charge in [0.15, 0.2) is 0 Å². The van der Waals surface area contributed by atoms with Gasteiger partial charge in [0.05, 0.1) is 12.7 Å². The Kier molecular flexibility index (Phi) is 6.94. The summed E-state index contributed by atoms with van der Waals surface area (Å²) in [5.74, 6) is -0.567. The lowest BCUT2D eigenvalue weighted by Gasteiger charge is -2.24. The van der Waals surface area contributed by atoms with Crippen LogP contribution in [0.3, 0.4) is 0 Å². The van der Waals surface area contributed by atoms with Crippen molar-refractivity contribution in [2.75, 3.05) is 38.3 Å². The molecule has 1 heterocycles. The zero-order valence-corrected chi connectivity index (χ0v) is 14.6. The van der Waals surface area contributed by atoms with E-state index in [-0.39, 0.29) is 17.7 Å². The third-order valence-electron chi connectivity index (χ3n) is 4.21. The fraction of sp³-hybridized carbons (Fsp3) is 0.500. The molecule has 1 fully saturated rings. The molecule has 7 heteroatoms. The topological polar surface area (TPSA) is 84.9 Å². The molecule has 0 spiro atoms. The van der Waals surface area contributed by atoms with Crippen molar-refractivity contribution in [1.29, 1.82) is 0 Å². The molecule has 2 rings (SSSR count). The molecule has 0 aliphatic carbocycles. The minimum Gasteiger partial charge on any atom is -0.465 e. The van der Waals surface area contributed by atoms with Crippen LogP contribution in [-0.4, -0.2) is 51.2 Å². The summed E-state index contributed by atoms with van der Waals surface area (Å²) in [5.41, 5.74) is 1.09. The molecule has 0 bridgehead atoms. The van der Waals surface area contributed by atoms with E-state index in [0.29, 0.717) is 37.6 Å². The van der Waals surface area contributed by atoms with Gasteiger partial charge in [-0.05, 0) is 37.1 Å². The van der Waals surface area contributed by atoms with Gasteiger partial charge in [0.1, 0.15) is 0 Å². The summed E-state index contributed by atoms with van der Waals surface area (Å²) in [6, 6.07) is 6.59. The summed E-state index contributed by atoms with van der Waals surface area (Å²) in [5, 5.41) is 2.88. The lowest BCUT2D eigenvalue weighted by Crippen LogP contribution is -2.40. The van der Waals surface area contributed by atoms with E-state index in [0.717, 1.165) is 12.8 Å². The summed E-state index contributed by atoms with van der Waals surface area (Å²) in [4.78, 5) is 37.0. The smallest absolute Gasteiger partial charge is 0.337 e. The second-order valence-corrected chi connectivity index (χ2v) is 5.89. The first-order valence-electron chi connectivity index (χ1n) is 8.35. The number of methoxy groups -OCH3 is 1. The molecule has 0 atom stereocenters. The molecule has 2 amide bonds. The van der Waals surface area contributed by atoms with Gasteiger partial charge < -0.3 is 19.7 Å². The van der Waals surface area contributed by atoms with Crippen LogP contribution in [0, 0.1) is 5.92 Å². The third kappa shape index (κ3) is 5.29. The summed E-state index contributed by atoms with van der Waals surface area (Å²) < 4.78 is 9.91. The number of amides is 2. The quantitative estimate of drug-likeness (QED) is 0.785. The summed E-state index contributed by atoms with van der Waals surface area (Å²) in [6.07, 6.45) is 1.47. The average molecular weight is 348 g/mol. The standard InChI is InChI=1S/C18H24N2O5/c1-13(21)20(16-5-3-15(4-6-16)18(23)24-2)10-9-19-17(22)14-7-11-25-12-8-14/h3-6,14H,7-12H2,1-2H3,(H,19,22). The predicted octanol–water partition coefficient (Wildman–Crippen LogP) is 1.37. The van der Waals surface area contributed by atoms with E-state index in [1.54, 1.807) is 29.2 Å². The number of esters is 1. The first-order valence-corrected chi connectivity index (χ1v) is 8.35. The predicted molar refractivity (Wildman–Crippen MR) is 92.4 cm³/mol. The second-order valence-electron chi connectivity index (χ2n) is 5.89. The number of nitrogens with zero attached hydrogens (tertiary/aromatic N) is 1. The van der Waals surface area contributed by atoms with E-state index in [1.807, 2.05) is 0 Å². The van der Waals surface area contributed by atoms with Crippen molar-refractivity contribution in [3.8, 4) is 0 Å². The molecule has 0 aromatic heterocycles. The van der Waals surface area contributed by atoms with Crippen LogP contribution in [0.5, 0.6) is 0 Å². The van der Waals surface area contributed by atoms with E-state index in [4.69, 9.17) is 4.74 Å². The second kappa shape index (κ2) is 9.17. The molecular formula is C18H24N2O5. The van der Waals surface area contributed by atoms with Crippen LogP contribution >= 0.6 is 0 Å². The number of anilines is 1. The van der Waals surface area contributed by atoms with E-state index < -0.39 is 5.97 Å². The van der Waals surface area contributed by atoms with Gasteiger partial charge >= 0.3 is 5.97 Å². The Morgan fingerprint density at radius 1 is 1.20 bits per heavy atom. The average Bonchev–Trinajstić information content (AvgIpc) is 2.65. The van der Waals surface area contributed by atoms with Gasteiger partial charge in [0.2, 0.25) is 11.8 Å². The molecule has 1 aromatic rings. The van der Waals surface area contributed by atoms with Crippen molar-refractivity contribution in [2.24, 2.45) is 5.92 Å². The maximum Gasteiger partial charge on any atom is 0.337 e. The van der Waals surface area contributed by atoms with Gasteiger partial charge in [0, 0.05) is 44.8 Å². The monoisotopic (exact) mass is 348 g/mol. The zero-order valence-electron chi connectivity index (χ0n) is 14.6. The van der Waals surface area contributed by atoms with Crippen molar-refractivity contribution < 1.29 is 23.9 Å². The van der Waals surface area contributed by atoms with Gasteiger partial charge in [-0.2, -0.15) is 0 Å². The van der Waals surface area contributed by atoms with Crippen LogP contribution in [0.1, 0.15) is 30.1 Å². The summed E-state index contributed by atoms with van der Waals surface area (Å²) in [7, 11) is 1.32. The number of carbonyl (C=O) groups is 3. The maximum absolute atomic E-state index is 12.1. The molecule has 0 saturated carbocycles. The zero-order chi connectivity index (χ0) is 18.2. The minimum absolute atomic E-state index is 0.00726. The van der Waals surface area contributed by atoms with Crippen LogP contribution in [0.4, 0.5) is 5.69 Å².